The first-order valence-electron chi connectivity index (χ1n) is 6.02. The summed E-state index contributed by atoms with van der Waals surface area (Å²) in [7, 11) is 0. The van der Waals surface area contributed by atoms with E-state index in [1.54, 1.807) is 0 Å². The van der Waals surface area contributed by atoms with Crippen molar-refractivity contribution in [3.05, 3.63) is 29.3 Å². The van der Waals surface area contributed by atoms with Gasteiger partial charge < -0.3 is 10.2 Å². The van der Waals surface area contributed by atoms with Crippen molar-refractivity contribution in [3.8, 4) is 0 Å². The number of carbonyl (C=O) groups excluding carboxylic acids is 1. The van der Waals surface area contributed by atoms with Crippen LogP contribution in [-0.2, 0) is 4.79 Å². The van der Waals surface area contributed by atoms with Gasteiger partial charge in [0.15, 0.2) is 0 Å². The van der Waals surface area contributed by atoms with Gasteiger partial charge in [-0.1, -0.05) is 18.5 Å². The van der Waals surface area contributed by atoms with Crippen LogP contribution in [0.5, 0.6) is 0 Å². The largest absolute Gasteiger partial charge is 0.311 e. The number of halogens is 1. The highest BCUT2D eigenvalue weighted by atomic mass is 35.5. The summed E-state index contributed by atoms with van der Waals surface area (Å²) < 4.78 is 0. The number of rotatable bonds is 3. The summed E-state index contributed by atoms with van der Waals surface area (Å²) in [6.07, 6.45) is 1.96. The molecule has 1 saturated heterocycles. The quantitative estimate of drug-likeness (QED) is 0.896. The van der Waals surface area contributed by atoms with Crippen LogP contribution < -0.4 is 10.2 Å². The van der Waals surface area contributed by atoms with Crippen molar-refractivity contribution >= 4 is 23.2 Å². The highest BCUT2D eigenvalue weighted by molar-refractivity contribution is 6.30. The Labute approximate surface area is 107 Å². The fourth-order valence-corrected chi connectivity index (χ4v) is 2.31. The van der Waals surface area contributed by atoms with Crippen LogP contribution in [0.25, 0.3) is 0 Å². The van der Waals surface area contributed by atoms with Crippen LogP contribution in [0, 0.1) is 0 Å². The monoisotopic (exact) mass is 252 g/mol. The van der Waals surface area contributed by atoms with Crippen LogP contribution in [0.1, 0.15) is 19.8 Å². The van der Waals surface area contributed by atoms with Gasteiger partial charge in [0.25, 0.3) is 0 Å². The molecule has 3 nitrogen and oxygen atoms in total. The maximum atomic E-state index is 12.2. The van der Waals surface area contributed by atoms with Gasteiger partial charge >= 0.3 is 0 Å². The van der Waals surface area contributed by atoms with Crippen molar-refractivity contribution in [2.75, 3.05) is 18.0 Å². The molecule has 4 heteroatoms. The van der Waals surface area contributed by atoms with Crippen LogP contribution in [-0.4, -0.2) is 25.0 Å². The zero-order valence-corrected chi connectivity index (χ0v) is 10.7. The van der Waals surface area contributed by atoms with Crippen LogP contribution in [0.15, 0.2) is 24.3 Å². The van der Waals surface area contributed by atoms with Gasteiger partial charge in [-0.25, -0.2) is 0 Å². The second kappa shape index (κ2) is 5.52. The third-order valence-electron chi connectivity index (χ3n) is 3.03. The third kappa shape index (κ3) is 2.79. The molecule has 1 aliphatic rings. The van der Waals surface area contributed by atoms with Crippen LogP contribution in [0.2, 0.25) is 5.02 Å². The van der Waals surface area contributed by atoms with Crippen molar-refractivity contribution < 1.29 is 4.79 Å². The fraction of sp³-hybridized carbons (Fsp3) is 0.462. The number of piperidine rings is 1. The fourth-order valence-electron chi connectivity index (χ4n) is 2.19. The molecular formula is C13H17ClN2O. The Morgan fingerprint density at radius 2 is 2.12 bits per heavy atom. The van der Waals surface area contributed by atoms with Crippen LogP contribution in [0.3, 0.4) is 0 Å². The first kappa shape index (κ1) is 12.4. The zero-order chi connectivity index (χ0) is 12.3. The molecule has 1 N–H and O–H groups in total. The summed E-state index contributed by atoms with van der Waals surface area (Å²) in [5.41, 5.74) is 0.932. The number of anilines is 1. The number of hydrogen-bond donors (Lipinski definition) is 1. The summed E-state index contributed by atoms with van der Waals surface area (Å²) >= 11 is 5.85. The van der Waals surface area contributed by atoms with Crippen LogP contribution >= 0.6 is 11.6 Å². The predicted molar refractivity (Wildman–Crippen MR) is 70.5 cm³/mol. The van der Waals surface area contributed by atoms with E-state index in [-0.39, 0.29) is 11.9 Å². The topological polar surface area (TPSA) is 32.3 Å². The molecule has 1 aliphatic heterocycles. The normalized spacial score (nSPS) is 20.7. The van der Waals surface area contributed by atoms with Crippen molar-refractivity contribution in [1.29, 1.82) is 0 Å². The standard InChI is InChI=1S/C13H17ClN2O/c1-2-15-12-4-3-9-16(13(12)17)11-7-5-10(14)6-8-11/h5-8,12,15H,2-4,9H2,1H3. The number of nitrogens with one attached hydrogen (secondary N) is 1. The molecule has 17 heavy (non-hydrogen) atoms. The third-order valence-corrected chi connectivity index (χ3v) is 3.28. The lowest BCUT2D eigenvalue weighted by Crippen LogP contribution is -2.50. The van der Waals surface area contributed by atoms with Crippen molar-refractivity contribution in [1.82, 2.24) is 5.32 Å². The molecule has 0 spiro atoms. The lowest BCUT2D eigenvalue weighted by Gasteiger charge is -2.32. The highest BCUT2D eigenvalue weighted by Gasteiger charge is 2.28. The molecule has 0 aliphatic carbocycles. The van der Waals surface area contributed by atoms with Gasteiger partial charge in [-0.15, -0.1) is 0 Å². The molecule has 0 radical (unpaired) electrons. The minimum Gasteiger partial charge on any atom is -0.311 e. The molecule has 0 aromatic heterocycles. The molecule has 1 fully saturated rings. The summed E-state index contributed by atoms with van der Waals surface area (Å²) in [6, 6.07) is 7.40. The van der Waals surface area contributed by atoms with E-state index in [2.05, 4.69) is 5.32 Å². The number of nitrogens with zero attached hydrogens (tertiary/aromatic N) is 1. The number of hydrogen-bond acceptors (Lipinski definition) is 2. The van der Waals surface area contributed by atoms with E-state index >= 15 is 0 Å². The van der Waals surface area contributed by atoms with E-state index < -0.39 is 0 Å². The van der Waals surface area contributed by atoms with Gasteiger partial charge in [-0.2, -0.15) is 0 Å². The minimum absolute atomic E-state index is 0.0376. The Bertz CT molecular complexity index is 389. The Hall–Kier alpha value is -1.06. The number of carbonyl (C=O) groups is 1. The van der Waals surface area contributed by atoms with Gasteiger partial charge in [-0.05, 0) is 43.7 Å². The molecule has 1 heterocycles. The minimum atomic E-state index is -0.0376. The van der Waals surface area contributed by atoms with Gasteiger partial charge in [-0.3, -0.25) is 4.79 Å². The maximum absolute atomic E-state index is 12.2. The Morgan fingerprint density at radius 3 is 2.76 bits per heavy atom. The lowest BCUT2D eigenvalue weighted by atomic mass is 10.0. The summed E-state index contributed by atoms with van der Waals surface area (Å²) in [6.45, 7) is 3.64. The first-order valence-corrected chi connectivity index (χ1v) is 6.40. The number of benzene rings is 1. The second-order valence-corrected chi connectivity index (χ2v) is 4.66. The molecule has 1 aromatic rings. The Kier molecular flexibility index (Phi) is 4.02. The molecule has 1 atom stereocenters. The Balaban J connectivity index is 2.14. The van der Waals surface area contributed by atoms with Gasteiger partial charge in [0, 0.05) is 17.3 Å². The maximum Gasteiger partial charge on any atom is 0.244 e. The SMILES string of the molecule is CCNC1CCCN(c2ccc(Cl)cc2)C1=O. The summed E-state index contributed by atoms with van der Waals surface area (Å²) in [5.74, 6) is 0.167. The number of amides is 1. The Morgan fingerprint density at radius 1 is 1.41 bits per heavy atom. The number of likely N-dealkylation sites (N-methyl/N-ethyl adjacent to an activating group) is 1. The van der Waals surface area contributed by atoms with Crippen molar-refractivity contribution in [2.24, 2.45) is 0 Å². The molecular weight excluding hydrogens is 236 g/mol. The smallest absolute Gasteiger partial charge is 0.244 e. The first-order chi connectivity index (χ1) is 8.22. The predicted octanol–water partition coefficient (Wildman–Crippen LogP) is 2.44. The zero-order valence-electron chi connectivity index (χ0n) is 9.95. The van der Waals surface area contributed by atoms with Crippen LogP contribution in [0.4, 0.5) is 5.69 Å². The molecule has 92 valence electrons. The molecule has 0 bridgehead atoms. The molecule has 2 rings (SSSR count). The van der Waals surface area contributed by atoms with E-state index in [0.717, 1.165) is 31.6 Å². The van der Waals surface area contributed by atoms with Crippen molar-refractivity contribution in [2.45, 2.75) is 25.8 Å². The highest BCUT2D eigenvalue weighted by Crippen LogP contribution is 2.22. The van der Waals surface area contributed by atoms with Gasteiger partial charge in [0.1, 0.15) is 0 Å². The summed E-state index contributed by atoms with van der Waals surface area (Å²) in [5, 5.41) is 3.92. The van der Waals surface area contributed by atoms with Crippen molar-refractivity contribution in [3.63, 3.8) is 0 Å². The van der Waals surface area contributed by atoms with Gasteiger partial charge in [0.2, 0.25) is 5.91 Å². The lowest BCUT2D eigenvalue weighted by molar-refractivity contribution is -0.121. The average Bonchev–Trinajstić information content (AvgIpc) is 2.34. The average molecular weight is 253 g/mol. The van der Waals surface area contributed by atoms with E-state index in [9.17, 15) is 4.79 Å². The van der Waals surface area contributed by atoms with E-state index in [4.69, 9.17) is 11.6 Å². The second-order valence-electron chi connectivity index (χ2n) is 4.22. The molecule has 1 amide bonds. The van der Waals surface area contributed by atoms with E-state index in [1.165, 1.54) is 0 Å². The molecule has 1 aromatic carbocycles. The molecule has 1 unspecified atom stereocenters. The van der Waals surface area contributed by atoms with E-state index in [1.807, 2.05) is 36.1 Å². The van der Waals surface area contributed by atoms with Gasteiger partial charge in [0.05, 0.1) is 6.04 Å². The van der Waals surface area contributed by atoms with E-state index in [0.29, 0.717) is 5.02 Å². The molecule has 0 saturated carbocycles. The summed E-state index contributed by atoms with van der Waals surface area (Å²) in [4.78, 5) is 14.1.